The van der Waals surface area contributed by atoms with E-state index in [1.807, 2.05) is 30.1 Å². The molecule has 1 fully saturated rings. The van der Waals surface area contributed by atoms with Crippen molar-refractivity contribution in [3.8, 4) is 0 Å². The number of benzene rings is 1. The molecule has 3 rings (SSSR count). The second kappa shape index (κ2) is 4.57. The molecule has 17 heavy (non-hydrogen) atoms. The van der Waals surface area contributed by atoms with Crippen LogP contribution in [0, 0.1) is 0 Å². The van der Waals surface area contributed by atoms with Crippen LogP contribution in [0.2, 0.25) is 0 Å². The number of nitrogen functional groups attached to an aromatic ring is 1. The second-order valence-electron chi connectivity index (χ2n) is 4.58. The third-order valence-electron chi connectivity index (χ3n) is 3.36. The monoisotopic (exact) mass is 244 g/mol. The van der Waals surface area contributed by atoms with E-state index >= 15 is 0 Å². The molecule has 0 atom stereocenters. The molecule has 0 unspecified atom stereocenters. The third kappa shape index (κ3) is 2.12. The van der Waals surface area contributed by atoms with Gasteiger partial charge >= 0.3 is 0 Å². The summed E-state index contributed by atoms with van der Waals surface area (Å²) in [5.74, 6) is 0. The van der Waals surface area contributed by atoms with Crippen molar-refractivity contribution in [2.45, 2.75) is 35.8 Å². The van der Waals surface area contributed by atoms with Gasteiger partial charge in [-0.05, 0) is 31.0 Å². The molecule has 1 aliphatic carbocycles. The van der Waals surface area contributed by atoms with Crippen LogP contribution in [0.25, 0.3) is 10.9 Å². The third-order valence-corrected chi connectivity index (χ3v) is 4.77. The highest BCUT2D eigenvalue weighted by molar-refractivity contribution is 8.00. The van der Waals surface area contributed by atoms with Gasteiger partial charge in [0.05, 0.1) is 11.2 Å². The van der Waals surface area contributed by atoms with Crippen LogP contribution >= 0.6 is 11.8 Å². The van der Waals surface area contributed by atoms with E-state index in [4.69, 9.17) is 5.73 Å². The summed E-state index contributed by atoms with van der Waals surface area (Å²) in [5, 5.41) is 1.98. The highest BCUT2D eigenvalue weighted by Gasteiger charge is 2.17. The summed E-state index contributed by atoms with van der Waals surface area (Å²) < 4.78 is 0. The zero-order valence-electron chi connectivity index (χ0n) is 9.73. The Balaban J connectivity index is 2.01. The lowest BCUT2D eigenvalue weighted by atomic mass is 10.2. The van der Waals surface area contributed by atoms with Crippen molar-refractivity contribution in [2.75, 3.05) is 5.73 Å². The number of nitrogens with zero attached hydrogens (tertiary/aromatic N) is 1. The summed E-state index contributed by atoms with van der Waals surface area (Å²) in [6, 6.07) is 8.23. The number of nitrogens with two attached hydrogens (primary N) is 1. The van der Waals surface area contributed by atoms with E-state index in [0.717, 1.165) is 16.5 Å². The Bertz CT molecular complexity index is 533. The molecule has 2 N–H and O–H groups in total. The van der Waals surface area contributed by atoms with Crippen molar-refractivity contribution in [1.82, 2.24) is 4.98 Å². The first-order chi connectivity index (χ1) is 8.34. The lowest BCUT2D eigenvalue weighted by Gasteiger charge is -2.11. The fourth-order valence-corrected chi connectivity index (χ4v) is 3.82. The number of anilines is 1. The lowest BCUT2D eigenvalue weighted by molar-refractivity contribution is 0.886. The van der Waals surface area contributed by atoms with Crippen molar-refractivity contribution >= 4 is 28.4 Å². The first kappa shape index (κ1) is 10.9. The lowest BCUT2D eigenvalue weighted by Crippen LogP contribution is -1.95. The summed E-state index contributed by atoms with van der Waals surface area (Å²) in [5.41, 5.74) is 7.68. The van der Waals surface area contributed by atoms with Crippen molar-refractivity contribution in [3.05, 3.63) is 30.5 Å². The maximum Gasteiger partial charge on any atom is 0.0942 e. The van der Waals surface area contributed by atoms with Crippen molar-refractivity contribution in [1.29, 1.82) is 0 Å². The maximum atomic E-state index is 5.96. The number of hydrogen-bond acceptors (Lipinski definition) is 3. The molecular formula is C14H16N2S. The van der Waals surface area contributed by atoms with Gasteiger partial charge in [0.2, 0.25) is 0 Å². The van der Waals surface area contributed by atoms with Gasteiger partial charge in [-0.1, -0.05) is 18.9 Å². The molecule has 0 amide bonds. The Morgan fingerprint density at radius 3 is 2.82 bits per heavy atom. The summed E-state index contributed by atoms with van der Waals surface area (Å²) in [6.07, 6.45) is 7.25. The van der Waals surface area contributed by atoms with Crippen LogP contribution in [0.4, 0.5) is 5.69 Å². The second-order valence-corrected chi connectivity index (χ2v) is 5.92. The van der Waals surface area contributed by atoms with E-state index in [2.05, 4.69) is 17.1 Å². The van der Waals surface area contributed by atoms with Crippen molar-refractivity contribution in [3.63, 3.8) is 0 Å². The molecule has 2 nitrogen and oxygen atoms in total. The van der Waals surface area contributed by atoms with Crippen LogP contribution in [-0.2, 0) is 0 Å². The van der Waals surface area contributed by atoms with Crippen LogP contribution in [0.1, 0.15) is 25.7 Å². The van der Waals surface area contributed by atoms with Crippen LogP contribution in [0.5, 0.6) is 0 Å². The minimum atomic E-state index is 0.774. The standard InChI is InChI=1S/C14H16N2S/c15-12-7-8-13(17-10-4-1-2-5-10)11-6-3-9-16-14(11)12/h3,6-10H,1-2,4-5,15H2. The number of aromatic nitrogens is 1. The Kier molecular flexibility index (Phi) is 2.93. The Hall–Kier alpha value is -1.22. The van der Waals surface area contributed by atoms with Crippen LogP contribution in [-0.4, -0.2) is 10.2 Å². The molecule has 1 aromatic carbocycles. The maximum absolute atomic E-state index is 5.96. The first-order valence-electron chi connectivity index (χ1n) is 6.14. The molecule has 2 aromatic rings. The molecule has 88 valence electrons. The predicted octanol–water partition coefficient (Wildman–Crippen LogP) is 3.85. The minimum absolute atomic E-state index is 0.774. The van der Waals surface area contributed by atoms with E-state index in [-0.39, 0.29) is 0 Å². The molecule has 0 bridgehead atoms. The van der Waals surface area contributed by atoms with Gasteiger partial charge in [-0.15, -0.1) is 11.8 Å². The van der Waals surface area contributed by atoms with Crippen LogP contribution in [0.15, 0.2) is 35.4 Å². The summed E-state index contributed by atoms with van der Waals surface area (Å²) in [7, 11) is 0. The van der Waals surface area contributed by atoms with E-state index in [1.54, 1.807) is 0 Å². The zero-order chi connectivity index (χ0) is 11.7. The molecule has 1 aliphatic rings. The zero-order valence-corrected chi connectivity index (χ0v) is 10.5. The highest BCUT2D eigenvalue weighted by Crippen LogP contribution is 2.38. The number of hydrogen-bond donors (Lipinski definition) is 1. The molecule has 0 spiro atoms. The molecule has 1 heterocycles. The fraction of sp³-hybridized carbons (Fsp3) is 0.357. The minimum Gasteiger partial charge on any atom is -0.397 e. The normalized spacial score (nSPS) is 16.7. The molecule has 0 radical (unpaired) electrons. The van der Waals surface area contributed by atoms with Crippen molar-refractivity contribution in [2.24, 2.45) is 0 Å². The van der Waals surface area contributed by atoms with E-state index in [1.165, 1.54) is 36.0 Å². The van der Waals surface area contributed by atoms with Gasteiger partial charge in [0.25, 0.3) is 0 Å². The average Bonchev–Trinajstić information content (AvgIpc) is 2.86. The number of fused-ring (bicyclic) bond motifs is 1. The van der Waals surface area contributed by atoms with E-state index in [9.17, 15) is 0 Å². The summed E-state index contributed by atoms with van der Waals surface area (Å²) in [6.45, 7) is 0. The quantitative estimate of drug-likeness (QED) is 0.815. The van der Waals surface area contributed by atoms with Crippen molar-refractivity contribution < 1.29 is 0 Å². The van der Waals surface area contributed by atoms with Crippen LogP contribution in [0.3, 0.4) is 0 Å². The van der Waals surface area contributed by atoms with Gasteiger partial charge in [-0.2, -0.15) is 0 Å². The largest absolute Gasteiger partial charge is 0.397 e. The van der Waals surface area contributed by atoms with E-state index < -0.39 is 0 Å². The Morgan fingerprint density at radius 1 is 1.18 bits per heavy atom. The van der Waals surface area contributed by atoms with E-state index in [0.29, 0.717) is 0 Å². The molecule has 1 saturated carbocycles. The van der Waals surface area contributed by atoms with Gasteiger partial charge in [0, 0.05) is 21.7 Å². The smallest absolute Gasteiger partial charge is 0.0942 e. The van der Waals surface area contributed by atoms with Gasteiger partial charge in [0.1, 0.15) is 0 Å². The SMILES string of the molecule is Nc1ccc(SC2CCCC2)c2cccnc12. The van der Waals surface area contributed by atoms with Gasteiger partial charge in [0.15, 0.2) is 0 Å². The Morgan fingerprint density at radius 2 is 2.00 bits per heavy atom. The molecular weight excluding hydrogens is 228 g/mol. The number of thioether (sulfide) groups is 1. The van der Waals surface area contributed by atoms with Gasteiger partial charge in [-0.3, -0.25) is 4.98 Å². The molecule has 0 aliphatic heterocycles. The highest BCUT2D eigenvalue weighted by atomic mass is 32.2. The molecule has 0 saturated heterocycles. The average molecular weight is 244 g/mol. The Labute approximate surface area is 106 Å². The molecule has 3 heteroatoms. The van der Waals surface area contributed by atoms with Gasteiger partial charge < -0.3 is 5.73 Å². The topological polar surface area (TPSA) is 38.9 Å². The van der Waals surface area contributed by atoms with Gasteiger partial charge in [-0.25, -0.2) is 0 Å². The predicted molar refractivity (Wildman–Crippen MR) is 74.3 cm³/mol. The summed E-state index contributed by atoms with van der Waals surface area (Å²) >= 11 is 1.99. The van der Waals surface area contributed by atoms with Crippen LogP contribution < -0.4 is 5.73 Å². The summed E-state index contributed by atoms with van der Waals surface area (Å²) in [4.78, 5) is 5.71. The molecule has 1 aromatic heterocycles. The number of pyridine rings is 1. The fourth-order valence-electron chi connectivity index (χ4n) is 2.46. The number of rotatable bonds is 2. The first-order valence-corrected chi connectivity index (χ1v) is 7.02.